The summed E-state index contributed by atoms with van der Waals surface area (Å²) in [5.74, 6) is 3.42. The summed E-state index contributed by atoms with van der Waals surface area (Å²) >= 11 is 0. The second-order valence-corrected chi connectivity index (χ2v) is 9.12. The summed E-state index contributed by atoms with van der Waals surface area (Å²) in [4.78, 5) is 17.1. The molecule has 1 saturated heterocycles. The van der Waals surface area contributed by atoms with Gasteiger partial charge >= 0.3 is 6.03 Å². The van der Waals surface area contributed by atoms with Crippen molar-refractivity contribution >= 4 is 6.03 Å². The van der Waals surface area contributed by atoms with Crippen LogP contribution in [0, 0.1) is 23.7 Å². The zero-order valence-corrected chi connectivity index (χ0v) is 15.7. The standard InChI is InChI=1S/C22H30N2O2/c1-23-20(14-26-13-15-5-3-2-4-6-15)12-24(22(23)25)21-18-8-16-7-17(10-18)11-19(21)9-16/h2-6,16-21H,7-14H2,1H3. The molecule has 4 nitrogen and oxygen atoms in total. The number of ether oxygens (including phenoxy) is 1. The van der Waals surface area contributed by atoms with Gasteiger partial charge in [0.15, 0.2) is 0 Å². The van der Waals surface area contributed by atoms with Crippen molar-refractivity contribution in [3.05, 3.63) is 35.9 Å². The minimum atomic E-state index is 0.184. The quantitative estimate of drug-likeness (QED) is 0.806. The van der Waals surface area contributed by atoms with Crippen molar-refractivity contribution in [1.29, 1.82) is 0 Å². The maximum atomic E-state index is 13.0. The van der Waals surface area contributed by atoms with Crippen molar-refractivity contribution in [2.45, 2.75) is 50.8 Å². The zero-order valence-electron chi connectivity index (χ0n) is 15.7. The lowest BCUT2D eigenvalue weighted by atomic mass is 9.54. The molecule has 4 aliphatic carbocycles. The molecule has 1 unspecified atom stereocenters. The Kier molecular flexibility index (Phi) is 4.19. The minimum absolute atomic E-state index is 0.184. The van der Waals surface area contributed by atoms with Gasteiger partial charge in [0.2, 0.25) is 0 Å². The molecule has 6 rings (SSSR count). The van der Waals surface area contributed by atoms with Gasteiger partial charge in [-0.3, -0.25) is 0 Å². The molecule has 140 valence electrons. The lowest BCUT2D eigenvalue weighted by Crippen LogP contribution is -2.56. The lowest BCUT2D eigenvalue weighted by Gasteiger charge is -2.56. The van der Waals surface area contributed by atoms with Gasteiger partial charge in [-0.05, 0) is 61.3 Å². The van der Waals surface area contributed by atoms with E-state index in [1.807, 2.05) is 30.1 Å². The number of hydrogen-bond acceptors (Lipinski definition) is 2. The van der Waals surface area contributed by atoms with Crippen LogP contribution in [0.5, 0.6) is 0 Å². The number of carbonyl (C=O) groups excluding carboxylic acids is 1. The Morgan fingerprint density at radius 3 is 2.31 bits per heavy atom. The molecule has 26 heavy (non-hydrogen) atoms. The van der Waals surface area contributed by atoms with Gasteiger partial charge in [0.05, 0.1) is 19.3 Å². The van der Waals surface area contributed by atoms with Crippen molar-refractivity contribution in [2.24, 2.45) is 23.7 Å². The first-order valence-electron chi connectivity index (χ1n) is 10.3. The molecular weight excluding hydrogens is 324 g/mol. The third-order valence-corrected chi connectivity index (χ3v) is 7.46. The van der Waals surface area contributed by atoms with Crippen molar-refractivity contribution in [1.82, 2.24) is 9.80 Å². The first-order chi connectivity index (χ1) is 12.7. The maximum Gasteiger partial charge on any atom is 0.320 e. The van der Waals surface area contributed by atoms with E-state index in [4.69, 9.17) is 4.74 Å². The highest BCUT2D eigenvalue weighted by Crippen LogP contribution is 2.55. The fourth-order valence-electron chi connectivity index (χ4n) is 6.49. The molecule has 0 spiro atoms. The summed E-state index contributed by atoms with van der Waals surface area (Å²) in [6.45, 7) is 2.09. The van der Waals surface area contributed by atoms with E-state index in [1.54, 1.807) is 0 Å². The topological polar surface area (TPSA) is 32.8 Å². The summed E-state index contributed by atoms with van der Waals surface area (Å²) in [6, 6.07) is 11.2. The third kappa shape index (κ3) is 2.83. The van der Waals surface area contributed by atoms with Gasteiger partial charge in [-0.25, -0.2) is 4.79 Å². The Bertz CT molecular complexity index is 633. The molecule has 1 atom stereocenters. The largest absolute Gasteiger partial charge is 0.375 e. The van der Waals surface area contributed by atoms with Crippen LogP contribution in [-0.4, -0.2) is 48.1 Å². The smallest absolute Gasteiger partial charge is 0.320 e. The van der Waals surface area contributed by atoms with Crippen molar-refractivity contribution in [2.75, 3.05) is 20.2 Å². The molecule has 4 saturated carbocycles. The summed E-state index contributed by atoms with van der Waals surface area (Å²) in [6.07, 6.45) is 6.91. The van der Waals surface area contributed by atoms with Crippen LogP contribution in [0.25, 0.3) is 0 Å². The Labute approximate surface area is 156 Å². The maximum absolute atomic E-state index is 13.0. The molecule has 5 fully saturated rings. The van der Waals surface area contributed by atoms with Gasteiger partial charge in [0.1, 0.15) is 0 Å². The van der Waals surface area contributed by atoms with E-state index in [2.05, 4.69) is 17.0 Å². The van der Waals surface area contributed by atoms with Crippen LogP contribution in [0.3, 0.4) is 0 Å². The second kappa shape index (κ2) is 6.56. The minimum Gasteiger partial charge on any atom is -0.375 e. The number of amides is 2. The summed E-state index contributed by atoms with van der Waals surface area (Å²) in [5, 5.41) is 0. The Morgan fingerprint density at radius 2 is 1.65 bits per heavy atom. The van der Waals surface area contributed by atoms with E-state index >= 15 is 0 Å². The van der Waals surface area contributed by atoms with E-state index in [-0.39, 0.29) is 12.1 Å². The molecule has 1 heterocycles. The monoisotopic (exact) mass is 354 g/mol. The van der Waals surface area contributed by atoms with Crippen LogP contribution >= 0.6 is 0 Å². The predicted octanol–water partition coefficient (Wildman–Crippen LogP) is 3.76. The van der Waals surface area contributed by atoms with Crippen LogP contribution in [0.2, 0.25) is 0 Å². The number of carbonyl (C=O) groups is 1. The Balaban J connectivity index is 1.22. The van der Waals surface area contributed by atoms with E-state index in [0.29, 0.717) is 19.3 Å². The van der Waals surface area contributed by atoms with Gasteiger partial charge in [-0.1, -0.05) is 30.3 Å². The van der Waals surface area contributed by atoms with E-state index in [9.17, 15) is 4.79 Å². The fraction of sp³-hybridized carbons (Fsp3) is 0.682. The molecule has 4 heteroatoms. The number of likely N-dealkylation sites (N-methyl/N-ethyl adjacent to an activating group) is 1. The first kappa shape index (κ1) is 16.6. The molecule has 5 aliphatic rings. The van der Waals surface area contributed by atoms with E-state index in [0.717, 1.165) is 30.2 Å². The molecule has 0 aromatic heterocycles. The highest BCUT2D eigenvalue weighted by Gasteiger charge is 2.53. The highest BCUT2D eigenvalue weighted by molar-refractivity contribution is 5.77. The zero-order chi connectivity index (χ0) is 17.7. The molecule has 1 aromatic carbocycles. The van der Waals surface area contributed by atoms with Crippen LogP contribution < -0.4 is 0 Å². The number of rotatable bonds is 5. The number of urea groups is 1. The SMILES string of the molecule is CN1C(=O)N(C2C3CC4CC(C3)CC2C4)CC1COCc1ccccc1. The summed E-state index contributed by atoms with van der Waals surface area (Å²) in [5.41, 5.74) is 1.19. The third-order valence-electron chi connectivity index (χ3n) is 7.46. The van der Waals surface area contributed by atoms with E-state index < -0.39 is 0 Å². The van der Waals surface area contributed by atoms with Gasteiger partial charge in [0, 0.05) is 19.6 Å². The molecule has 0 radical (unpaired) electrons. The number of hydrogen-bond donors (Lipinski definition) is 0. The molecule has 1 aromatic rings. The molecule has 0 N–H and O–H groups in total. The number of benzene rings is 1. The van der Waals surface area contributed by atoms with Crippen molar-refractivity contribution in [3.63, 3.8) is 0 Å². The summed E-state index contributed by atoms with van der Waals surface area (Å²) in [7, 11) is 1.95. The Morgan fingerprint density at radius 1 is 1.00 bits per heavy atom. The second-order valence-electron chi connectivity index (χ2n) is 9.12. The van der Waals surface area contributed by atoms with Gasteiger partial charge in [-0.15, -0.1) is 0 Å². The summed E-state index contributed by atoms with van der Waals surface area (Å²) < 4.78 is 5.96. The molecular formula is C22H30N2O2. The predicted molar refractivity (Wildman–Crippen MR) is 101 cm³/mol. The van der Waals surface area contributed by atoms with Gasteiger partial charge < -0.3 is 14.5 Å². The molecule has 1 aliphatic heterocycles. The normalized spacial score (nSPS) is 38.4. The molecule has 4 bridgehead atoms. The van der Waals surface area contributed by atoms with Gasteiger partial charge in [0.25, 0.3) is 0 Å². The van der Waals surface area contributed by atoms with Crippen LogP contribution in [0.4, 0.5) is 4.79 Å². The molecule has 2 amide bonds. The fourth-order valence-corrected chi connectivity index (χ4v) is 6.49. The van der Waals surface area contributed by atoms with E-state index in [1.165, 1.54) is 37.7 Å². The number of nitrogens with zero attached hydrogens (tertiary/aromatic N) is 2. The Hall–Kier alpha value is -1.55. The lowest BCUT2D eigenvalue weighted by molar-refractivity contribution is -0.0479. The first-order valence-corrected chi connectivity index (χ1v) is 10.3. The van der Waals surface area contributed by atoms with Gasteiger partial charge in [-0.2, -0.15) is 0 Å². The van der Waals surface area contributed by atoms with Crippen LogP contribution in [0.15, 0.2) is 30.3 Å². The average molecular weight is 354 g/mol. The highest BCUT2D eigenvalue weighted by atomic mass is 16.5. The van der Waals surface area contributed by atoms with Crippen LogP contribution in [0.1, 0.15) is 37.7 Å². The average Bonchev–Trinajstić information content (AvgIpc) is 2.91. The van der Waals surface area contributed by atoms with Crippen molar-refractivity contribution in [3.8, 4) is 0 Å². The van der Waals surface area contributed by atoms with Crippen LogP contribution in [-0.2, 0) is 11.3 Å². The van der Waals surface area contributed by atoms with Crippen molar-refractivity contribution < 1.29 is 9.53 Å².